The van der Waals surface area contributed by atoms with Crippen LogP contribution in [0.1, 0.15) is 41.5 Å². The molecule has 200 valence electrons. The van der Waals surface area contributed by atoms with E-state index in [-0.39, 0.29) is 17.7 Å². The monoisotopic (exact) mass is 529 g/mol. The summed E-state index contributed by atoms with van der Waals surface area (Å²) in [7, 11) is 1.83. The van der Waals surface area contributed by atoms with Crippen molar-refractivity contribution in [1.29, 1.82) is 0 Å². The topological polar surface area (TPSA) is 125 Å². The number of imide groups is 1. The van der Waals surface area contributed by atoms with Gasteiger partial charge in [0.15, 0.2) is 0 Å². The first kappa shape index (κ1) is 25.9. The van der Waals surface area contributed by atoms with E-state index < -0.39 is 29.5 Å². The Bertz CT molecular complexity index is 1540. The van der Waals surface area contributed by atoms with Crippen LogP contribution >= 0.6 is 0 Å². The van der Waals surface area contributed by atoms with Crippen LogP contribution in [0, 0.1) is 0 Å². The number of fused-ring (bicyclic) bond motifs is 2. The van der Waals surface area contributed by atoms with E-state index in [1.54, 1.807) is 62.0 Å². The molecule has 11 heteroatoms. The number of benzene rings is 2. The second-order valence-electron chi connectivity index (χ2n) is 9.90. The van der Waals surface area contributed by atoms with Crippen molar-refractivity contribution in [3.05, 3.63) is 78.0 Å². The van der Waals surface area contributed by atoms with Gasteiger partial charge in [-0.1, -0.05) is 12.1 Å². The average Bonchev–Trinajstić information content (AvgIpc) is 3.40. The van der Waals surface area contributed by atoms with Gasteiger partial charge in [0.25, 0.3) is 11.8 Å². The minimum atomic E-state index is -1.38. The quantitative estimate of drug-likeness (QED) is 0.266. The lowest BCUT2D eigenvalue weighted by molar-refractivity contribution is -0.193. The number of carbonyl (C=O) groups excluding carboxylic acids is 3. The Balaban J connectivity index is 1.32. The van der Waals surface area contributed by atoms with Gasteiger partial charge in [0, 0.05) is 18.5 Å². The van der Waals surface area contributed by atoms with Crippen LogP contribution in [0.4, 0.5) is 11.6 Å². The predicted octanol–water partition coefficient (Wildman–Crippen LogP) is 4.03. The number of anilines is 2. The van der Waals surface area contributed by atoms with Crippen LogP contribution in [-0.2, 0) is 21.4 Å². The number of rotatable bonds is 8. The van der Waals surface area contributed by atoms with Crippen LogP contribution in [0.2, 0.25) is 0 Å². The molecule has 3 heterocycles. The van der Waals surface area contributed by atoms with Crippen LogP contribution in [0.3, 0.4) is 0 Å². The summed E-state index contributed by atoms with van der Waals surface area (Å²) in [5.74, 6) is -0.191. The minimum absolute atomic E-state index is 0.200. The fraction of sp³-hybridized carbons (Fsp3) is 0.250. The lowest BCUT2D eigenvalue weighted by atomic mass is 10.1. The van der Waals surface area contributed by atoms with E-state index in [1.807, 2.05) is 25.2 Å². The molecule has 0 fully saturated rings. The van der Waals surface area contributed by atoms with E-state index in [1.165, 1.54) is 12.1 Å². The number of pyridine rings is 1. The number of hydroxylamine groups is 2. The van der Waals surface area contributed by atoms with Crippen LogP contribution in [0.25, 0.3) is 10.9 Å². The fourth-order valence-corrected chi connectivity index (χ4v) is 3.96. The first-order valence-electron chi connectivity index (χ1n) is 12.3. The van der Waals surface area contributed by atoms with Crippen LogP contribution in [0.15, 0.2) is 66.9 Å². The Morgan fingerprint density at radius 2 is 1.72 bits per heavy atom. The van der Waals surface area contributed by atoms with Gasteiger partial charge in [-0.25, -0.2) is 14.6 Å². The maximum atomic E-state index is 13.0. The second-order valence-corrected chi connectivity index (χ2v) is 9.90. The third-order valence-electron chi connectivity index (χ3n) is 5.80. The molecular formula is C28H27N5O6. The van der Waals surface area contributed by atoms with Crippen LogP contribution in [-0.4, -0.2) is 55.9 Å². The summed E-state index contributed by atoms with van der Waals surface area (Å²) in [5.41, 5.74) is 0.299. The Morgan fingerprint density at radius 3 is 2.36 bits per heavy atom. The Morgan fingerprint density at radius 1 is 1.00 bits per heavy atom. The maximum absolute atomic E-state index is 13.0. The molecule has 2 amide bonds. The van der Waals surface area contributed by atoms with Crippen molar-refractivity contribution in [2.24, 2.45) is 7.05 Å². The number of nitrogens with one attached hydrogen (secondary N) is 1. The molecule has 1 aliphatic heterocycles. The number of carbonyl (C=O) groups is 3. The summed E-state index contributed by atoms with van der Waals surface area (Å²) < 4.78 is 13.0. The molecule has 0 bridgehead atoms. The van der Waals surface area contributed by atoms with E-state index in [0.717, 1.165) is 16.7 Å². The molecular weight excluding hydrogens is 502 g/mol. The average molecular weight is 530 g/mol. The highest BCUT2D eigenvalue weighted by Crippen LogP contribution is 2.26. The lowest BCUT2D eigenvalue weighted by Crippen LogP contribution is -2.43. The van der Waals surface area contributed by atoms with E-state index in [4.69, 9.17) is 14.3 Å². The first-order chi connectivity index (χ1) is 18.6. The van der Waals surface area contributed by atoms with E-state index >= 15 is 0 Å². The van der Waals surface area contributed by atoms with Crippen LogP contribution in [0.5, 0.6) is 5.75 Å². The van der Waals surface area contributed by atoms with Crippen molar-refractivity contribution < 1.29 is 28.7 Å². The summed E-state index contributed by atoms with van der Waals surface area (Å²) in [5, 5.41) is 8.73. The number of amides is 2. The van der Waals surface area contributed by atoms with Crippen molar-refractivity contribution in [2.45, 2.75) is 32.5 Å². The molecule has 39 heavy (non-hydrogen) atoms. The number of hydrogen-bond donors (Lipinski definition) is 1. The molecule has 5 rings (SSSR count). The molecule has 1 aliphatic rings. The summed E-state index contributed by atoms with van der Waals surface area (Å²) in [6.07, 6.45) is 0.307. The van der Waals surface area contributed by atoms with Crippen molar-refractivity contribution in [2.75, 3.05) is 11.9 Å². The number of esters is 1. The summed E-state index contributed by atoms with van der Waals surface area (Å²) in [6.45, 7) is 4.82. The zero-order valence-electron chi connectivity index (χ0n) is 21.9. The normalized spacial score (nSPS) is 13.9. The first-order valence-corrected chi connectivity index (χ1v) is 12.3. The van der Waals surface area contributed by atoms with Gasteiger partial charge in [0.2, 0.25) is 6.10 Å². The number of nitrogens with zero attached hydrogens (tertiary/aromatic N) is 4. The van der Waals surface area contributed by atoms with Gasteiger partial charge < -0.3 is 14.8 Å². The summed E-state index contributed by atoms with van der Waals surface area (Å²) >= 11 is 0. The van der Waals surface area contributed by atoms with Crippen molar-refractivity contribution in [1.82, 2.24) is 19.8 Å². The maximum Gasteiger partial charge on any atom is 0.342 e. The molecule has 4 aromatic rings. The molecule has 2 aromatic heterocycles. The van der Waals surface area contributed by atoms with Gasteiger partial charge >= 0.3 is 5.97 Å². The zero-order chi connectivity index (χ0) is 27.7. The standard InChI is InChI=1S/C28H27N5O6/c1-28(2,3)38-27(36)22(39-33-25(34)19-7-5-6-8-20(19)26(33)35)16-37-18-10-11-21-17(15-18)9-12-23(30-21)31-24-13-14-29-32(24)4/h5-15,22H,16H2,1-4H3,(H,30,31). The number of aryl methyl sites for hydroxylation is 1. The van der Waals surface area contributed by atoms with Crippen molar-refractivity contribution in [3.63, 3.8) is 0 Å². The van der Waals surface area contributed by atoms with Crippen molar-refractivity contribution >= 4 is 40.3 Å². The molecule has 0 aliphatic carbocycles. The molecule has 2 aromatic carbocycles. The minimum Gasteiger partial charge on any atom is -0.490 e. The van der Waals surface area contributed by atoms with Crippen molar-refractivity contribution in [3.8, 4) is 5.75 Å². The van der Waals surface area contributed by atoms with E-state index in [9.17, 15) is 14.4 Å². The van der Waals surface area contributed by atoms with Gasteiger partial charge in [-0.3, -0.25) is 14.3 Å². The molecule has 0 saturated carbocycles. The van der Waals surface area contributed by atoms with Gasteiger partial charge in [-0.05, 0) is 63.2 Å². The SMILES string of the molecule is Cn1nccc1Nc1ccc2cc(OCC(ON3C(=O)c4ccccc4C3=O)C(=O)OC(C)(C)C)ccc2n1. The zero-order valence-corrected chi connectivity index (χ0v) is 21.9. The lowest BCUT2D eigenvalue weighted by Gasteiger charge is -2.26. The Kier molecular flexibility index (Phi) is 6.75. The number of aromatic nitrogens is 3. The number of ether oxygens (including phenoxy) is 2. The largest absolute Gasteiger partial charge is 0.490 e. The Labute approximate surface area is 224 Å². The molecule has 0 spiro atoms. The summed E-state index contributed by atoms with van der Waals surface area (Å²) in [6, 6.07) is 17.2. The number of hydrogen-bond acceptors (Lipinski definition) is 9. The molecule has 1 unspecified atom stereocenters. The second kappa shape index (κ2) is 10.2. The molecule has 1 N–H and O–H groups in total. The molecule has 0 saturated heterocycles. The van der Waals surface area contributed by atoms with E-state index in [2.05, 4.69) is 15.4 Å². The van der Waals surface area contributed by atoms with Gasteiger partial charge in [0.1, 0.15) is 29.6 Å². The predicted molar refractivity (Wildman–Crippen MR) is 141 cm³/mol. The van der Waals surface area contributed by atoms with Crippen LogP contribution < -0.4 is 10.1 Å². The highest BCUT2D eigenvalue weighted by Gasteiger charge is 2.40. The highest BCUT2D eigenvalue weighted by atomic mass is 16.7. The smallest absolute Gasteiger partial charge is 0.342 e. The van der Waals surface area contributed by atoms with Gasteiger partial charge in [-0.2, -0.15) is 5.10 Å². The third kappa shape index (κ3) is 5.58. The fourth-order valence-electron chi connectivity index (χ4n) is 3.96. The van der Waals surface area contributed by atoms with Gasteiger partial charge in [-0.15, -0.1) is 5.06 Å². The van der Waals surface area contributed by atoms with Gasteiger partial charge in [0.05, 0.1) is 22.8 Å². The third-order valence-corrected chi connectivity index (χ3v) is 5.80. The Hall–Kier alpha value is -4.77. The summed E-state index contributed by atoms with van der Waals surface area (Å²) in [4.78, 5) is 48.8. The molecule has 0 radical (unpaired) electrons. The molecule has 1 atom stereocenters. The van der Waals surface area contributed by atoms with E-state index in [0.29, 0.717) is 16.6 Å². The highest BCUT2D eigenvalue weighted by molar-refractivity contribution is 6.20. The molecule has 11 nitrogen and oxygen atoms in total.